The molecule has 2 aromatic carbocycles. The number of carbonyl (C=O) groups excluding carboxylic acids is 1. The van der Waals surface area contributed by atoms with Crippen LogP contribution in [0.25, 0.3) is 0 Å². The van der Waals surface area contributed by atoms with E-state index in [1.807, 2.05) is 20.8 Å². The van der Waals surface area contributed by atoms with Crippen molar-refractivity contribution in [3.63, 3.8) is 0 Å². The maximum atomic E-state index is 12.5. The highest BCUT2D eigenvalue weighted by atomic mass is 35.5. The minimum atomic E-state index is -3.86. The Kier molecular flexibility index (Phi) is 6.21. The van der Waals surface area contributed by atoms with E-state index in [-0.39, 0.29) is 32.1 Å². The summed E-state index contributed by atoms with van der Waals surface area (Å²) in [7, 11) is -3.86. The number of anilines is 1. The van der Waals surface area contributed by atoms with E-state index in [4.69, 9.17) is 23.2 Å². The van der Waals surface area contributed by atoms with Crippen LogP contribution in [0.2, 0.25) is 10.0 Å². The van der Waals surface area contributed by atoms with Crippen LogP contribution < -0.4 is 10.0 Å². The van der Waals surface area contributed by atoms with Gasteiger partial charge in [-0.1, -0.05) is 36.2 Å². The number of rotatable bonds is 6. The number of hydrogen-bond donors (Lipinski definition) is 2. The minimum Gasteiger partial charge on any atom is -0.347 e. The lowest BCUT2D eigenvalue weighted by Crippen LogP contribution is -2.42. The summed E-state index contributed by atoms with van der Waals surface area (Å²) in [4.78, 5) is 12.3. The van der Waals surface area contributed by atoms with Gasteiger partial charge in [-0.05, 0) is 56.7 Å². The van der Waals surface area contributed by atoms with E-state index in [0.717, 1.165) is 6.42 Å². The molecule has 0 aliphatic rings. The first-order valence-electron chi connectivity index (χ1n) is 7.94. The summed E-state index contributed by atoms with van der Waals surface area (Å²) in [6.07, 6.45) is 0.766. The third kappa shape index (κ3) is 5.13. The van der Waals surface area contributed by atoms with Crippen molar-refractivity contribution in [3.8, 4) is 0 Å². The summed E-state index contributed by atoms with van der Waals surface area (Å²) >= 11 is 11.7. The summed E-state index contributed by atoms with van der Waals surface area (Å²) in [6.45, 7) is 5.81. The highest BCUT2D eigenvalue weighted by Crippen LogP contribution is 2.26. The van der Waals surface area contributed by atoms with Gasteiger partial charge in [0.05, 0.1) is 14.9 Å². The van der Waals surface area contributed by atoms with Gasteiger partial charge in [0.15, 0.2) is 0 Å². The highest BCUT2D eigenvalue weighted by Gasteiger charge is 2.20. The van der Waals surface area contributed by atoms with Crippen LogP contribution in [0.4, 0.5) is 5.69 Å². The predicted octanol–water partition coefficient (Wildman–Crippen LogP) is 4.71. The van der Waals surface area contributed by atoms with Gasteiger partial charge in [0.2, 0.25) is 0 Å². The Balaban J connectivity index is 2.25. The van der Waals surface area contributed by atoms with E-state index in [2.05, 4.69) is 10.0 Å². The monoisotopic (exact) mass is 414 g/mol. The number of halogens is 2. The molecule has 26 heavy (non-hydrogen) atoms. The first-order chi connectivity index (χ1) is 12.0. The van der Waals surface area contributed by atoms with Gasteiger partial charge in [0.25, 0.3) is 15.9 Å². The molecule has 0 aromatic heterocycles. The molecule has 0 radical (unpaired) electrons. The molecule has 0 spiro atoms. The zero-order valence-electron chi connectivity index (χ0n) is 14.6. The summed E-state index contributed by atoms with van der Waals surface area (Å²) in [5.41, 5.74) is 0.283. The SMILES string of the molecule is CCC(C)(C)NC(=O)c1cccc(NS(=O)(=O)c2ccc(Cl)c(Cl)c2)c1. The lowest BCUT2D eigenvalue weighted by molar-refractivity contribution is 0.0911. The van der Waals surface area contributed by atoms with Crippen molar-refractivity contribution in [1.29, 1.82) is 0 Å². The maximum absolute atomic E-state index is 12.5. The van der Waals surface area contributed by atoms with Crippen LogP contribution in [0, 0.1) is 0 Å². The van der Waals surface area contributed by atoms with Gasteiger partial charge < -0.3 is 5.32 Å². The van der Waals surface area contributed by atoms with Gasteiger partial charge in [-0.3, -0.25) is 9.52 Å². The Morgan fingerprint density at radius 3 is 2.38 bits per heavy atom. The second kappa shape index (κ2) is 7.86. The van der Waals surface area contributed by atoms with Crippen LogP contribution in [0.3, 0.4) is 0 Å². The fraction of sp³-hybridized carbons (Fsp3) is 0.278. The van der Waals surface area contributed by atoms with Gasteiger partial charge >= 0.3 is 0 Å². The van der Waals surface area contributed by atoms with Crippen molar-refractivity contribution in [2.24, 2.45) is 0 Å². The molecule has 0 unspecified atom stereocenters. The van der Waals surface area contributed by atoms with Crippen molar-refractivity contribution < 1.29 is 13.2 Å². The van der Waals surface area contributed by atoms with Crippen LogP contribution in [0.5, 0.6) is 0 Å². The first-order valence-corrected chi connectivity index (χ1v) is 10.2. The Morgan fingerprint density at radius 2 is 1.77 bits per heavy atom. The molecule has 1 amide bonds. The number of hydrogen-bond acceptors (Lipinski definition) is 3. The fourth-order valence-corrected chi connectivity index (χ4v) is 3.49. The van der Waals surface area contributed by atoms with E-state index >= 15 is 0 Å². The number of sulfonamides is 1. The average Bonchev–Trinajstić information content (AvgIpc) is 2.56. The minimum absolute atomic E-state index is 0.0196. The Bertz CT molecular complexity index is 928. The van der Waals surface area contributed by atoms with Crippen molar-refractivity contribution in [2.45, 2.75) is 37.6 Å². The predicted molar refractivity (Wildman–Crippen MR) is 106 cm³/mol. The molecule has 8 heteroatoms. The molecule has 0 aliphatic carbocycles. The first kappa shape index (κ1) is 20.6. The third-order valence-electron chi connectivity index (χ3n) is 3.91. The van der Waals surface area contributed by atoms with Crippen molar-refractivity contribution in [2.75, 3.05) is 4.72 Å². The molecule has 0 saturated carbocycles. The average molecular weight is 415 g/mol. The lowest BCUT2D eigenvalue weighted by Gasteiger charge is -2.24. The fourth-order valence-electron chi connectivity index (χ4n) is 2.05. The van der Waals surface area contributed by atoms with Gasteiger partial charge in [-0.2, -0.15) is 0 Å². The normalized spacial score (nSPS) is 11.9. The second-order valence-corrected chi connectivity index (χ2v) is 8.95. The summed E-state index contributed by atoms with van der Waals surface area (Å²) < 4.78 is 27.5. The molecule has 2 N–H and O–H groups in total. The van der Waals surface area contributed by atoms with Gasteiger partial charge in [0.1, 0.15) is 0 Å². The van der Waals surface area contributed by atoms with E-state index in [1.54, 1.807) is 18.2 Å². The molecule has 0 bridgehead atoms. The Hall–Kier alpha value is -1.76. The maximum Gasteiger partial charge on any atom is 0.261 e. The van der Waals surface area contributed by atoms with Crippen molar-refractivity contribution >= 4 is 44.8 Å². The van der Waals surface area contributed by atoms with Gasteiger partial charge in [-0.15, -0.1) is 0 Å². The standard InChI is InChI=1S/C18H20Cl2N2O3S/c1-4-18(2,3)21-17(23)12-6-5-7-13(10-12)22-26(24,25)14-8-9-15(19)16(20)11-14/h5-11,22H,4H2,1-3H3,(H,21,23). The van der Waals surface area contributed by atoms with Crippen LogP contribution >= 0.6 is 23.2 Å². The zero-order valence-corrected chi connectivity index (χ0v) is 17.0. The highest BCUT2D eigenvalue weighted by molar-refractivity contribution is 7.92. The summed E-state index contributed by atoms with van der Waals surface area (Å²) in [5.74, 6) is -0.271. The van der Waals surface area contributed by atoms with E-state index < -0.39 is 10.0 Å². The van der Waals surface area contributed by atoms with E-state index in [9.17, 15) is 13.2 Å². The number of nitrogens with one attached hydrogen (secondary N) is 2. The molecule has 0 atom stereocenters. The quantitative estimate of drug-likeness (QED) is 0.718. The molecular formula is C18H20Cl2N2O3S. The van der Waals surface area contributed by atoms with E-state index in [0.29, 0.717) is 5.56 Å². The molecule has 0 heterocycles. The van der Waals surface area contributed by atoms with Crippen molar-refractivity contribution in [1.82, 2.24) is 5.32 Å². The molecule has 5 nitrogen and oxygen atoms in total. The second-order valence-electron chi connectivity index (χ2n) is 6.45. The molecule has 0 saturated heterocycles. The third-order valence-corrected chi connectivity index (χ3v) is 6.03. The number of carbonyl (C=O) groups is 1. The van der Waals surface area contributed by atoms with E-state index in [1.165, 1.54) is 24.3 Å². The molecule has 2 aromatic rings. The molecule has 0 fully saturated rings. The van der Waals surface area contributed by atoms with Crippen molar-refractivity contribution in [3.05, 3.63) is 58.1 Å². The number of benzene rings is 2. The molecule has 2 rings (SSSR count). The van der Waals surface area contributed by atoms with Crippen LogP contribution in [-0.2, 0) is 10.0 Å². The summed E-state index contributed by atoms with van der Waals surface area (Å²) in [5, 5.41) is 3.32. The van der Waals surface area contributed by atoms with Crippen LogP contribution in [0.15, 0.2) is 47.4 Å². The molecule has 140 valence electrons. The lowest BCUT2D eigenvalue weighted by atomic mass is 10.0. The summed E-state index contributed by atoms with van der Waals surface area (Å²) in [6, 6.07) is 10.3. The number of amides is 1. The van der Waals surface area contributed by atoms with Crippen LogP contribution in [0.1, 0.15) is 37.6 Å². The Morgan fingerprint density at radius 1 is 1.08 bits per heavy atom. The Labute approximate surface area is 163 Å². The molecular weight excluding hydrogens is 395 g/mol. The zero-order chi connectivity index (χ0) is 19.5. The van der Waals surface area contributed by atoms with Gasteiger partial charge in [0, 0.05) is 16.8 Å². The largest absolute Gasteiger partial charge is 0.347 e. The topological polar surface area (TPSA) is 75.3 Å². The smallest absolute Gasteiger partial charge is 0.261 e. The van der Waals surface area contributed by atoms with Crippen LogP contribution in [-0.4, -0.2) is 19.9 Å². The molecule has 0 aliphatic heterocycles. The van der Waals surface area contributed by atoms with Gasteiger partial charge in [-0.25, -0.2) is 8.42 Å².